The molecule has 0 heterocycles. The third-order valence-corrected chi connectivity index (χ3v) is 3.65. The lowest BCUT2D eigenvalue weighted by Crippen LogP contribution is -2.31. The van der Waals surface area contributed by atoms with Crippen molar-refractivity contribution in [3.05, 3.63) is 53.6 Å². The van der Waals surface area contributed by atoms with Gasteiger partial charge in [0.2, 0.25) is 0 Å². The summed E-state index contributed by atoms with van der Waals surface area (Å²) in [5.74, 6) is 1.28. The summed E-state index contributed by atoms with van der Waals surface area (Å²) in [7, 11) is 1.58. The van der Waals surface area contributed by atoms with Gasteiger partial charge in [0.05, 0.1) is 30.9 Å². The van der Waals surface area contributed by atoms with Crippen LogP contribution in [0.15, 0.2) is 42.5 Å². The average Bonchev–Trinajstić information content (AvgIpc) is 2.61. The monoisotopic (exact) mass is 353 g/mol. The fraction of sp³-hybridized carbons (Fsp3) is 0.300. The molecule has 0 aromatic heterocycles. The van der Waals surface area contributed by atoms with Gasteiger partial charge in [0, 0.05) is 5.69 Å². The molecular weight excluding hydrogens is 330 g/mol. The van der Waals surface area contributed by atoms with Crippen LogP contribution in [0.5, 0.6) is 11.5 Å². The van der Waals surface area contributed by atoms with Crippen LogP contribution in [0, 0.1) is 11.3 Å². The van der Waals surface area contributed by atoms with Crippen LogP contribution in [-0.2, 0) is 0 Å². The summed E-state index contributed by atoms with van der Waals surface area (Å²) in [6.07, 6.45) is 0.0419. The minimum Gasteiger partial charge on any atom is -0.493 e. The van der Waals surface area contributed by atoms with E-state index in [0.717, 1.165) is 5.56 Å². The summed E-state index contributed by atoms with van der Waals surface area (Å²) >= 11 is 0. The Kier molecular flexibility index (Phi) is 6.45. The topological polar surface area (TPSA) is 83.4 Å². The van der Waals surface area contributed by atoms with Crippen LogP contribution in [0.2, 0.25) is 0 Å². The SMILES string of the molecule is COc1cc(C(C)NC(=O)Nc2cccc(C#N)c2)ccc1OC(C)C. The third kappa shape index (κ3) is 5.15. The molecule has 0 saturated carbocycles. The first kappa shape index (κ1) is 19.1. The largest absolute Gasteiger partial charge is 0.493 e. The molecule has 6 nitrogen and oxygen atoms in total. The van der Waals surface area contributed by atoms with Gasteiger partial charge in [-0.3, -0.25) is 0 Å². The van der Waals surface area contributed by atoms with E-state index in [9.17, 15) is 4.79 Å². The summed E-state index contributed by atoms with van der Waals surface area (Å²) in [6.45, 7) is 5.77. The number of urea groups is 1. The molecule has 6 heteroatoms. The quantitative estimate of drug-likeness (QED) is 0.814. The Labute approximate surface area is 153 Å². The Hall–Kier alpha value is -3.20. The minimum absolute atomic E-state index is 0.0419. The summed E-state index contributed by atoms with van der Waals surface area (Å²) in [6, 6.07) is 13.8. The first-order valence-corrected chi connectivity index (χ1v) is 8.35. The molecule has 1 unspecified atom stereocenters. The van der Waals surface area contributed by atoms with E-state index in [1.807, 2.05) is 45.0 Å². The second kappa shape index (κ2) is 8.77. The Morgan fingerprint density at radius 1 is 1.12 bits per heavy atom. The lowest BCUT2D eigenvalue weighted by molar-refractivity contribution is 0.230. The highest BCUT2D eigenvalue weighted by Gasteiger charge is 2.14. The molecule has 0 spiro atoms. The zero-order chi connectivity index (χ0) is 19.1. The summed E-state index contributed by atoms with van der Waals surface area (Å²) in [5, 5.41) is 14.5. The number of ether oxygens (including phenoxy) is 2. The number of nitrogens with zero attached hydrogens (tertiary/aromatic N) is 1. The number of methoxy groups -OCH3 is 1. The van der Waals surface area contributed by atoms with Crippen LogP contribution in [-0.4, -0.2) is 19.2 Å². The first-order valence-electron chi connectivity index (χ1n) is 8.35. The number of amides is 2. The van der Waals surface area contributed by atoms with Crippen molar-refractivity contribution in [2.24, 2.45) is 0 Å². The maximum absolute atomic E-state index is 12.2. The number of carbonyl (C=O) groups is 1. The van der Waals surface area contributed by atoms with Crippen molar-refractivity contribution in [3.63, 3.8) is 0 Å². The van der Waals surface area contributed by atoms with Crippen LogP contribution >= 0.6 is 0 Å². The second-order valence-corrected chi connectivity index (χ2v) is 6.09. The van der Waals surface area contributed by atoms with Crippen LogP contribution in [0.1, 0.15) is 37.9 Å². The number of nitriles is 1. The van der Waals surface area contributed by atoms with E-state index in [2.05, 4.69) is 10.6 Å². The minimum atomic E-state index is -0.353. The van der Waals surface area contributed by atoms with Gasteiger partial charge >= 0.3 is 6.03 Å². The molecule has 2 rings (SSSR count). The highest BCUT2D eigenvalue weighted by molar-refractivity contribution is 5.89. The molecule has 26 heavy (non-hydrogen) atoms. The molecule has 0 aliphatic heterocycles. The van der Waals surface area contributed by atoms with Crippen molar-refractivity contribution in [2.75, 3.05) is 12.4 Å². The maximum atomic E-state index is 12.2. The fourth-order valence-electron chi connectivity index (χ4n) is 2.42. The summed E-state index contributed by atoms with van der Waals surface area (Å²) in [5.41, 5.74) is 1.94. The maximum Gasteiger partial charge on any atom is 0.319 e. The van der Waals surface area contributed by atoms with Crippen LogP contribution < -0.4 is 20.1 Å². The normalized spacial score (nSPS) is 11.4. The lowest BCUT2D eigenvalue weighted by Gasteiger charge is -2.18. The molecule has 0 saturated heterocycles. The summed E-state index contributed by atoms with van der Waals surface area (Å²) in [4.78, 5) is 12.2. The van der Waals surface area contributed by atoms with Crippen molar-refractivity contribution in [2.45, 2.75) is 32.9 Å². The van der Waals surface area contributed by atoms with Gasteiger partial charge in [0.1, 0.15) is 0 Å². The van der Waals surface area contributed by atoms with Crippen LogP contribution in [0.4, 0.5) is 10.5 Å². The number of anilines is 1. The summed E-state index contributed by atoms with van der Waals surface area (Å²) < 4.78 is 11.1. The highest BCUT2D eigenvalue weighted by Crippen LogP contribution is 2.31. The van der Waals surface area contributed by atoms with E-state index in [4.69, 9.17) is 14.7 Å². The number of nitrogens with one attached hydrogen (secondary N) is 2. The molecule has 2 N–H and O–H groups in total. The van der Waals surface area contributed by atoms with Gasteiger partial charge in [0.25, 0.3) is 0 Å². The van der Waals surface area contributed by atoms with Gasteiger partial charge in [-0.15, -0.1) is 0 Å². The number of hydrogen-bond donors (Lipinski definition) is 2. The fourth-order valence-corrected chi connectivity index (χ4v) is 2.42. The van der Waals surface area contributed by atoms with Crippen molar-refractivity contribution in [3.8, 4) is 17.6 Å². The molecule has 0 aliphatic carbocycles. The Morgan fingerprint density at radius 2 is 1.88 bits per heavy atom. The zero-order valence-corrected chi connectivity index (χ0v) is 15.4. The lowest BCUT2D eigenvalue weighted by atomic mass is 10.1. The number of carbonyl (C=O) groups excluding carboxylic acids is 1. The van der Waals surface area contributed by atoms with E-state index in [-0.39, 0.29) is 18.2 Å². The highest BCUT2D eigenvalue weighted by atomic mass is 16.5. The Morgan fingerprint density at radius 3 is 2.54 bits per heavy atom. The molecule has 0 fully saturated rings. The average molecular weight is 353 g/mol. The molecule has 0 aliphatic rings. The molecule has 136 valence electrons. The van der Waals surface area contributed by atoms with Gasteiger partial charge in [-0.25, -0.2) is 4.79 Å². The van der Waals surface area contributed by atoms with Gasteiger partial charge in [-0.2, -0.15) is 5.26 Å². The molecule has 0 bridgehead atoms. The number of benzene rings is 2. The first-order chi connectivity index (χ1) is 12.4. The molecule has 2 amide bonds. The predicted octanol–water partition coefficient (Wildman–Crippen LogP) is 4.24. The molecule has 2 aromatic carbocycles. The van der Waals surface area contributed by atoms with Crippen LogP contribution in [0.25, 0.3) is 0 Å². The van der Waals surface area contributed by atoms with E-state index < -0.39 is 0 Å². The van der Waals surface area contributed by atoms with E-state index in [0.29, 0.717) is 22.7 Å². The van der Waals surface area contributed by atoms with Gasteiger partial charge in [-0.05, 0) is 56.7 Å². The van der Waals surface area contributed by atoms with E-state index >= 15 is 0 Å². The van der Waals surface area contributed by atoms with Crippen molar-refractivity contribution < 1.29 is 14.3 Å². The van der Waals surface area contributed by atoms with Gasteiger partial charge in [-0.1, -0.05) is 12.1 Å². The number of hydrogen-bond acceptors (Lipinski definition) is 4. The van der Waals surface area contributed by atoms with E-state index in [1.165, 1.54) is 0 Å². The van der Waals surface area contributed by atoms with Crippen molar-refractivity contribution in [1.82, 2.24) is 5.32 Å². The van der Waals surface area contributed by atoms with Crippen molar-refractivity contribution in [1.29, 1.82) is 5.26 Å². The standard InChI is InChI=1S/C20H23N3O3/c1-13(2)26-18-9-8-16(11-19(18)25-4)14(3)22-20(24)23-17-7-5-6-15(10-17)12-21/h5-11,13-14H,1-4H3,(H2,22,23,24). The smallest absolute Gasteiger partial charge is 0.319 e. The second-order valence-electron chi connectivity index (χ2n) is 6.09. The van der Waals surface area contributed by atoms with Gasteiger partial charge < -0.3 is 20.1 Å². The molecule has 2 aromatic rings. The zero-order valence-electron chi connectivity index (χ0n) is 15.4. The third-order valence-electron chi connectivity index (χ3n) is 3.65. The van der Waals surface area contributed by atoms with Crippen LogP contribution in [0.3, 0.4) is 0 Å². The molecule has 1 atom stereocenters. The van der Waals surface area contributed by atoms with Gasteiger partial charge in [0.15, 0.2) is 11.5 Å². The number of rotatable bonds is 6. The molecular formula is C20H23N3O3. The Bertz CT molecular complexity index is 812. The van der Waals surface area contributed by atoms with E-state index in [1.54, 1.807) is 31.4 Å². The predicted molar refractivity (Wildman–Crippen MR) is 100 cm³/mol. The van der Waals surface area contributed by atoms with Crippen molar-refractivity contribution >= 4 is 11.7 Å². The molecule has 0 radical (unpaired) electrons. The Balaban J connectivity index is 2.05.